The molecule has 0 aliphatic rings. The van der Waals surface area contributed by atoms with Gasteiger partial charge < -0.3 is 20.1 Å². The lowest BCUT2D eigenvalue weighted by molar-refractivity contribution is 0.0335. The third-order valence-electron chi connectivity index (χ3n) is 2.74. The first-order valence-electron chi connectivity index (χ1n) is 6.24. The molecule has 0 saturated carbocycles. The van der Waals surface area contributed by atoms with Crippen LogP contribution in [0.1, 0.15) is 12.5 Å². The molecule has 1 aromatic rings. The summed E-state index contributed by atoms with van der Waals surface area (Å²) in [6.45, 7) is 3.07. The number of nitrogens with zero attached hydrogens (tertiary/aromatic N) is 1. The molecule has 0 amide bonds. The van der Waals surface area contributed by atoms with E-state index in [1.54, 1.807) is 19.1 Å². The van der Waals surface area contributed by atoms with Crippen LogP contribution in [0.2, 0.25) is 0 Å². The highest BCUT2D eigenvalue weighted by atomic mass is 19.1. The highest BCUT2D eigenvalue weighted by Crippen LogP contribution is 2.16. The number of hydrogen-bond donors (Lipinski definition) is 2. The minimum atomic E-state index is -0.841. The van der Waals surface area contributed by atoms with Gasteiger partial charge in [0.25, 0.3) is 0 Å². The molecule has 5 heteroatoms. The van der Waals surface area contributed by atoms with Crippen LogP contribution < -0.4 is 10.1 Å². The number of rotatable bonds is 7. The van der Waals surface area contributed by atoms with Crippen LogP contribution in [0.15, 0.2) is 18.2 Å². The SMILES string of the molecule is COc1ccc(CNCC(C)(O)CN(C)C)c(F)c1. The van der Waals surface area contributed by atoms with Crippen molar-refractivity contribution in [1.82, 2.24) is 10.2 Å². The van der Waals surface area contributed by atoms with Gasteiger partial charge in [0.05, 0.1) is 12.7 Å². The summed E-state index contributed by atoms with van der Waals surface area (Å²) < 4.78 is 18.6. The number of hydrogen-bond acceptors (Lipinski definition) is 4. The number of methoxy groups -OCH3 is 1. The highest BCUT2D eigenvalue weighted by Gasteiger charge is 2.20. The van der Waals surface area contributed by atoms with E-state index in [0.717, 1.165) is 0 Å². The van der Waals surface area contributed by atoms with Gasteiger partial charge in [0.15, 0.2) is 0 Å². The van der Waals surface area contributed by atoms with E-state index in [2.05, 4.69) is 5.32 Å². The second-order valence-electron chi connectivity index (χ2n) is 5.30. The van der Waals surface area contributed by atoms with Gasteiger partial charge in [-0.15, -0.1) is 0 Å². The number of aliphatic hydroxyl groups is 1. The summed E-state index contributed by atoms with van der Waals surface area (Å²) in [6.07, 6.45) is 0. The lowest BCUT2D eigenvalue weighted by atomic mass is 10.1. The van der Waals surface area contributed by atoms with Crippen molar-refractivity contribution in [3.63, 3.8) is 0 Å². The van der Waals surface area contributed by atoms with Crippen LogP contribution >= 0.6 is 0 Å². The van der Waals surface area contributed by atoms with Crippen LogP contribution in [0.3, 0.4) is 0 Å². The van der Waals surface area contributed by atoms with E-state index in [4.69, 9.17) is 4.74 Å². The van der Waals surface area contributed by atoms with Gasteiger partial charge in [-0.2, -0.15) is 0 Å². The van der Waals surface area contributed by atoms with Gasteiger partial charge in [-0.25, -0.2) is 4.39 Å². The van der Waals surface area contributed by atoms with E-state index in [0.29, 0.717) is 30.9 Å². The Morgan fingerprint density at radius 3 is 2.63 bits per heavy atom. The van der Waals surface area contributed by atoms with Gasteiger partial charge in [0.1, 0.15) is 11.6 Å². The van der Waals surface area contributed by atoms with Crippen LogP contribution in [0, 0.1) is 5.82 Å². The maximum absolute atomic E-state index is 13.7. The van der Waals surface area contributed by atoms with E-state index in [1.165, 1.54) is 13.2 Å². The third kappa shape index (κ3) is 5.55. The molecular weight excluding hydrogens is 247 g/mol. The first-order valence-corrected chi connectivity index (χ1v) is 6.24. The lowest BCUT2D eigenvalue weighted by Crippen LogP contribution is -2.45. The summed E-state index contributed by atoms with van der Waals surface area (Å²) >= 11 is 0. The molecule has 1 atom stereocenters. The quantitative estimate of drug-likeness (QED) is 0.782. The van der Waals surface area contributed by atoms with Crippen LogP contribution in [0.5, 0.6) is 5.75 Å². The number of ether oxygens (including phenoxy) is 1. The van der Waals surface area contributed by atoms with Crippen molar-refractivity contribution >= 4 is 0 Å². The maximum atomic E-state index is 13.7. The summed E-state index contributed by atoms with van der Waals surface area (Å²) in [5, 5.41) is 13.2. The van der Waals surface area contributed by atoms with Crippen molar-refractivity contribution in [1.29, 1.82) is 0 Å². The van der Waals surface area contributed by atoms with Gasteiger partial charge in [0.2, 0.25) is 0 Å². The Kier molecular flexibility index (Phi) is 5.72. The second kappa shape index (κ2) is 6.84. The number of halogens is 1. The molecule has 0 aliphatic carbocycles. The highest BCUT2D eigenvalue weighted by molar-refractivity contribution is 5.28. The average Bonchev–Trinajstić information content (AvgIpc) is 2.29. The molecule has 19 heavy (non-hydrogen) atoms. The van der Waals surface area contributed by atoms with Crippen LogP contribution in [-0.4, -0.2) is 49.9 Å². The van der Waals surface area contributed by atoms with Gasteiger partial charge in [-0.05, 0) is 27.1 Å². The average molecular weight is 270 g/mol. The number of nitrogens with one attached hydrogen (secondary N) is 1. The molecule has 0 heterocycles. The Morgan fingerprint density at radius 1 is 1.42 bits per heavy atom. The van der Waals surface area contributed by atoms with Crippen molar-refractivity contribution in [2.75, 3.05) is 34.3 Å². The van der Waals surface area contributed by atoms with Gasteiger partial charge in [-0.3, -0.25) is 0 Å². The summed E-state index contributed by atoms with van der Waals surface area (Å²) in [6, 6.07) is 4.76. The second-order valence-corrected chi connectivity index (χ2v) is 5.30. The Morgan fingerprint density at radius 2 is 2.11 bits per heavy atom. The number of benzene rings is 1. The number of likely N-dealkylation sites (N-methyl/N-ethyl adjacent to an activating group) is 1. The fourth-order valence-electron chi connectivity index (χ4n) is 2.00. The standard InChI is InChI=1S/C14H23FN2O2/c1-14(18,10-17(2)3)9-16-8-11-5-6-12(19-4)7-13(11)15/h5-7,16,18H,8-10H2,1-4H3. The van der Waals surface area contributed by atoms with Crippen LogP contribution in [0.4, 0.5) is 4.39 Å². The van der Waals surface area contributed by atoms with Crippen molar-refractivity contribution in [2.45, 2.75) is 19.1 Å². The summed E-state index contributed by atoms with van der Waals surface area (Å²) in [5.74, 6) is 0.194. The summed E-state index contributed by atoms with van der Waals surface area (Å²) in [7, 11) is 5.31. The van der Waals surface area contributed by atoms with Crippen molar-refractivity contribution in [3.05, 3.63) is 29.6 Å². The van der Waals surface area contributed by atoms with Crippen LogP contribution in [0.25, 0.3) is 0 Å². The molecule has 0 fully saturated rings. The predicted molar refractivity (Wildman–Crippen MR) is 73.8 cm³/mol. The molecule has 4 nitrogen and oxygen atoms in total. The molecule has 2 N–H and O–H groups in total. The Bertz CT molecular complexity index is 408. The Labute approximate surface area is 114 Å². The minimum absolute atomic E-state index is 0.306. The van der Waals surface area contributed by atoms with Gasteiger partial charge in [0, 0.05) is 31.3 Å². The Balaban J connectivity index is 2.49. The molecule has 0 bridgehead atoms. The first kappa shape index (κ1) is 15.9. The predicted octanol–water partition coefficient (Wildman–Crippen LogP) is 1.24. The molecule has 1 aromatic carbocycles. The van der Waals surface area contributed by atoms with E-state index in [-0.39, 0.29) is 5.82 Å². The molecule has 0 aliphatic heterocycles. The third-order valence-corrected chi connectivity index (χ3v) is 2.74. The van der Waals surface area contributed by atoms with Crippen molar-refractivity contribution < 1.29 is 14.2 Å². The van der Waals surface area contributed by atoms with E-state index in [9.17, 15) is 9.50 Å². The van der Waals surface area contributed by atoms with E-state index < -0.39 is 5.60 Å². The molecule has 0 saturated heterocycles. The zero-order valence-electron chi connectivity index (χ0n) is 12.0. The molecular formula is C14H23FN2O2. The topological polar surface area (TPSA) is 44.7 Å². The van der Waals surface area contributed by atoms with Crippen molar-refractivity contribution in [2.24, 2.45) is 0 Å². The van der Waals surface area contributed by atoms with Crippen molar-refractivity contribution in [3.8, 4) is 5.75 Å². The molecule has 1 unspecified atom stereocenters. The molecule has 1 rings (SSSR count). The smallest absolute Gasteiger partial charge is 0.131 e. The van der Waals surface area contributed by atoms with E-state index in [1.807, 2.05) is 19.0 Å². The normalized spacial score (nSPS) is 14.5. The zero-order valence-corrected chi connectivity index (χ0v) is 12.0. The van der Waals surface area contributed by atoms with Gasteiger partial charge in [-0.1, -0.05) is 6.07 Å². The zero-order chi connectivity index (χ0) is 14.5. The minimum Gasteiger partial charge on any atom is -0.497 e. The summed E-state index contributed by atoms with van der Waals surface area (Å²) in [4.78, 5) is 1.91. The fourth-order valence-corrected chi connectivity index (χ4v) is 2.00. The molecule has 0 spiro atoms. The fraction of sp³-hybridized carbons (Fsp3) is 0.571. The van der Waals surface area contributed by atoms with Crippen LogP contribution in [-0.2, 0) is 6.54 Å². The van der Waals surface area contributed by atoms with Gasteiger partial charge >= 0.3 is 0 Å². The van der Waals surface area contributed by atoms with E-state index >= 15 is 0 Å². The monoisotopic (exact) mass is 270 g/mol. The molecule has 0 radical (unpaired) electrons. The molecule has 0 aromatic heterocycles. The first-order chi connectivity index (χ1) is 8.84. The summed E-state index contributed by atoms with van der Waals surface area (Å²) in [5.41, 5.74) is -0.284. The lowest BCUT2D eigenvalue weighted by Gasteiger charge is -2.27. The maximum Gasteiger partial charge on any atom is 0.131 e. The Hall–Kier alpha value is -1.17. The largest absolute Gasteiger partial charge is 0.497 e. The molecule has 108 valence electrons.